The molecule has 0 aromatic heterocycles. The van der Waals surface area contributed by atoms with Crippen LogP contribution in [0.1, 0.15) is 12.5 Å². The molecule has 1 N–H and O–H groups in total. The van der Waals surface area contributed by atoms with Crippen molar-refractivity contribution >= 4 is 15.7 Å². The molecule has 0 saturated carbocycles. The first-order valence-electron chi connectivity index (χ1n) is 6.86. The minimum atomic E-state index is -3.40. The van der Waals surface area contributed by atoms with Crippen LogP contribution < -0.4 is 9.46 Å². The Kier molecular flexibility index (Phi) is 5.22. The van der Waals surface area contributed by atoms with Gasteiger partial charge in [-0.2, -0.15) is 0 Å². The van der Waals surface area contributed by atoms with E-state index in [4.69, 9.17) is 4.74 Å². The molecular weight excluding hydrogens is 286 g/mol. The quantitative estimate of drug-likeness (QED) is 0.855. The predicted molar refractivity (Wildman–Crippen MR) is 85.2 cm³/mol. The van der Waals surface area contributed by atoms with Crippen LogP contribution >= 0.6 is 0 Å². The van der Waals surface area contributed by atoms with Crippen LogP contribution in [0, 0.1) is 0 Å². The summed E-state index contributed by atoms with van der Waals surface area (Å²) in [7, 11) is -3.40. The molecule has 0 atom stereocenters. The van der Waals surface area contributed by atoms with Crippen LogP contribution in [0.15, 0.2) is 54.6 Å². The van der Waals surface area contributed by atoms with E-state index < -0.39 is 10.0 Å². The first kappa shape index (κ1) is 15.4. The van der Waals surface area contributed by atoms with Gasteiger partial charge in [-0.1, -0.05) is 37.3 Å². The molecule has 0 aliphatic carbocycles. The van der Waals surface area contributed by atoms with Crippen LogP contribution in [0.2, 0.25) is 0 Å². The molecule has 0 radical (unpaired) electrons. The van der Waals surface area contributed by atoms with E-state index in [-0.39, 0.29) is 12.4 Å². The summed E-state index contributed by atoms with van der Waals surface area (Å²) in [5, 5.41) is 0. The zero-order valence-electron chi connectivity index (χ0n) is 12.0. The fourth-order valence-electron chi connectivity index (χ4n) is 1.83. The number of para-hydroxylation sites is 1. The van der Waals surface area contributed by atoms with Crippen LogP contribution in [-0.4, -0.2) is 20.8 Å². The molecule has 0 spiro atoms. The third-order valence-electron chi connectivity index (χ3n) is 3.00. The maximum absolute atomic E-state index is 12.0. The molecule has 0 aliphatic heterocycles. The van der Waals surface area contributed by atoms with Crippen molar-refractivity contribution in [3.63, 3.8) is 0 Å². The largest absolute Gasteiger partial charge is 0.492 e. The van der Waals surface area contributed by atoms with E-state index in [9.17, 15) is 8.42 Å². The molecule has 0 heterocycles. The van der Waals surface area contributed by atoms with Crippen LogP contribution in [0.3, 0.4) is 0 Å². The zero-order chi connectivity index (χ0) is 15.1. The van der Waals surface area contributed by atoms with Crippen molar-refractivity contribution in [1.82, 2.24) is 0 Å². The van der Waals surface area contributed by atoms with Crippen molar-refractivity contribution in [3.05, 3.63) is 60.2 Å². The highest BCUT2D eigenvalue weighted by molar-refractivity contribution is 7.92. The van der Waals surface area contributed by atoms with Crippen LogP contribution in [0.25, 0.3) is 0 Å². The van der Waals surface area contributed by atoms with Gasteiger partial charge in [-0.15, -0.1) is 0 Å². The second-order valence-electron chi connectivity index (χ2n) is 4.63. The Hall–Kier alpha value is -2.01. The Morgan fingerprint density at radius 3 is 2.29 bits per heavy atom. The molecule has 0 amide bonds. The fourth-order valence-corrected chi connectivity index (χ4v) is 2.73. The number of benzene rings is 2. The topological polar surface area (TPSA) is 55.4 Å². The van der Waals surface area contributed by atoms with E-state index in [0.29, 0.717) is 11.4 Å². The van der Waals surface area contributed by atoms with Gasteiger partial charge in [-0.3, -0.25) is 4.72 Å². The number of nitrogens with one attached hydrogen (secondary N) is 1. The highest BCUT2D eigenvalue weighted by Gasteiger charge is 2.10. The minimum absolute atomic E-state index is 0.0859. The summed E-state index contributed by atoms with van der Waals surface area (Å²) in [4.78, 5) is 0. The molecular formula is C16H19NO3S. The number of ether oxygens (including phenoxy) is 1. The molecule has 4 nitrogen and oxygen atoms in total. The van der Waals surface area contributed by atoms with Gasteiger partial charge in [-0.25, -0.2) is 8.42 Å². The molecule has 0 unspecified atom stereocenters. The van der Waals surface area contributed by atoms with Crippen molar-refractivity contribution in [2.75, 3.05) is 17.1 Å². The number of hydrogen-bond donors (Lipinski definition) is 1. The molecule has 2 rings (SSSR count). The lowest BCUT2D eigenvalue weighted by Gasteiger charge is -2.09. The Morgan fingerprint density at radius 1 is 1.00 bits per heavy atom. The Balaban J connectivity index is 1.86. The molecule has 0 bridgehead atoms. The second-order valence-corrected chi connectivity index (χ2v) is 6.47. The summed E-state index contributed by atoms with van der Waals surface area (Å²) in [5.74, 6) is 0.581. The van der Waals surface area contributed by atoms with E-state index in [1.807, 2.05) is 30.3 Å². The second kappa shape index (κ2) is 7.13. The van der Waals surface area contributed by atoms with E-state index in [0.717, 1.165) is 6.42 Å². The van der Waals surface area contributed by atoms with E-state index in [2.05, 4.69) is 11.6 Å². The third kappa shape index (κ3) is 5.11. The van der Waals surface area contributed by atoms with Gasteiger partial charge in [0.1, 0.15) is 18.1 Å². The summed E-state index contributed by atoms with van der Waals surface area (Å²) in [5.41, 5.74) is 1.75. The van der Waals surface area contributed by atoms with Crippen LogP contribution in [-0.2, 0) is 16.4 Å². The highest BCUT2D eigenvalue weighted by atomic mass is 32.2. The van der Waals surface area contributed by atoms with Crippen molar-refractivity contribution in [3.8, 4) is 5.75 Å². The van der Waals surface area contributed by atoms with E-state index in [1.165, 1.54) is 5.56 Å². The van der Waals surface area contributed by atoms with Gasteiger partial charge >= 0.3 is 0 Å². The first-order chi connectivity index (χ1) is 10.1. The summed E-state index contributed by atoms with van der Waals surface area (Å²) in [6.07, 6.45) is 0.929. The lowest BCUT2D eigenvalue weighted by Crippen LogP contribution is -2.21. The normalized spacial score (nSPS) is 11.1. The maximum Gasteiger partial charge on any atom is 0.236 e. The van der Waals surface area contributed by atoms with Gasteiger partial charge in [0.05, 0.1) is 0 Å². The molecule has 112 valence electrons. The molecule has 5 heteroatoms. The van der Waals surface area contributed by atoms with Crippen molar-refractivity contribution in [2.45, 2.75) is 13.3 Å². The van der Waals surface area contributed by atoms with Crippen molar-refractivity contribution in [2.24, 2.45) is 0 Å². The van der Waals surface area contributed by atoms with E-state index in [1.54, 1.807) is 24.3 Å². The van der Waals surface area contributed by atoms with Gasteiger partial charge in [-0.05, 0) is 36.2 Å². The van der Waals surface area contributed by atoms with Crippen molar-refractivity contribution < 1.29 is 13.2 Å². The summed E-state index contributed by atoms with van der Waals surface area (Å²) >= 11 is 0. The molecule has 0 fully saturated rings. The average molecular weight is 305 g/mol. The summed E-state index contributed by atoms with van der Waals surface area (Å²) in [6.45, 7) is 2.17. The molecule has 0 saturated heterocycles. The Morgan fingerprint density at radius 2 is 1.67 bits per heavy atom. The molecule has 2 aromatic carbocycles. The van der Waals surface area contributed by atoms with Gasteiger partial charge in [0.25, 0.3) is 0 Å². The van der Waals surface area contributed by atoms with E-state index >= 15 is 0 Å². The monoisotopic (exact) mass is 305 g/mol. The number of hydrogen-bond acceptors (Lipinski definition) is 3. The number of sulfonamides is 1. The predicted octanol–water partition coefficient (Wildman–Crippen LogP) is 3.07. The number of aryl methyl sites for hydroxylation is 1. The molecule has 21 heavy (non-hydrogen) atoms. The van der Waals surface area contributed by atoms with Crippen LogP contribution in [0.4, 0.5) is 5.69 Å². The summed E-state index contributed by atoms with van der Waals surface area (Å²) in [6, 6.07) is 16.5. The van der Waals surface area contributed by atoms with Crippen molar-refractivity contribution in [1.29, 1.82) is 0 Å². The van der Waals surface area contributed by atoms with Crippen LogP contribution in [0.5, 0.6) is 5.75 Å². The average Bonchev–Trinajstić information content (AvgIpc) is 2.48. The first-order valence-corrected chi connectivity index (χ1v) is 8.51. The summed E-state index contributed by atoms with van der Waals surface area (Å²) < 4.78 is 31.9. The maximum atomic E-state index is 12.0. The lowest BCUT2D eigenvalue weighted by atomic mass is 10.2. The standard InChI is InChI=1S/C16H19NO3S/c1-2-14-8-10-15(11-9-14)17-21(18,19)13-12-20-16-6-4-3-5-7-16/h3-11,17H,2,12-13H2,1H3. The molecule has 2 aromatic rings. The SMILES string of the molecule is CCc1ccc(NS(=O)(=O)CCOc2ccccc2)cc1. The van der Waals surface area contributed by atoms with Gasteiger partial charge in [0.15, 0.2) is 0 Å². The third-order valence-corrected chi connectivity index (χ3v) is 4.25. The molecule has 0 aliphatic rings. The number of rotatable bonds is 7. The smallest absolute Gasteiger partial charge is 0.236 e. The Labute approximate surface area is 125 Å². The zero-order valence-corrected chi connectivity index (χ0v) is 12.8. The van der Waals surface area contributed by atoms with Gasteiger partial charge in [0.2, 0.25) is 10.0 Å². The van der Waals surface area contributed by atoms with Gasteiger partial charge in [0, 0.05) is 5.69 Å². The van der Waals surface area contributed by atoms with Gasteiger partial charge < -0.3 is 4.74 Å². The minimum Gasteiger partial charge on any atom is -0.492 e. The number of anilines is 1. The fraction of sp³-hybridized carbons (Fsp3) is 0.250. The highest BCUT2D eigenvalue weighted by Crippen LogP contribution is 2.12. The Bertz CT molecular complexity index is 652. The lowest BCUT2D eigenvalue weighted by molar-refractivity contribution is 0.341.